The average Bonchev–Trinajstić information content (AvgIpc) is 2.55. The highest BCUT2D eigenvalue weighted by Crippen LogP contribution is 2.14. The van der Waals surface area contributed by atoms with Crippen molar-refractivity contribution >= 4 is 38.9 Å². The molecule has 7 nitrogen and oxygen atoms in total. The monoisotopic (exact) mass is 379 g/mol. The van der Waals surface area contributed by atoms with Crippen molar-refractivity contribution in [2.45, 2.75) is 11.8 Å². The Morgan fingerprint density at radius 1 is 1.12 bits per heavy atom. The number of sulfonamides is 1. The van der Waals surface area contributed by atoms with Crippen molar-refractivity contribution in [2.75, 3.05) is 11.9 Å². The molecule has 0 aliphatic carbocycles. The van der Waals surface area contributed by atoms with E-state index in [0.29, 0.717) is 23.6 Å². The molecule has 0 unspecified atom stereocenters. The zero-order chi connectivity index (χ0) is 18.4. The first-order valence-corrected chi connectivity index (χ1v) is 9.23. The van der Waals surface area contributed by atoms with Gasteiger partial charge in [0.1, 0.15) is 5.75 Å². The van der Waals surface area contributed by atoms with Crippen LogP contribution >= 0.6 is 12.2 Å². The minimum absolute atomic E-state index is 0.0117. The Morgan fingerprint density at radius 2 is 1.72 bits per heavy atom. The summed E-state index contributed by atoms with van der Waals surface area (Å²) in [6.45, 7) is 2.42. The van der Waals surface area contributed by atoms with E-state index in [9.17, 15) is 13.2 Å². The molecule has 0 spiro atoms. The lowest BCUT2D eigenvalue weighted by Crippen LogP contribution is -2.34. The van der Waals surface area contributed by atoms with Gasteiger partial charge in [-0.3, -0.25) is 10.1 Å². The van der Waals surface area contributed by atoms with Crippen molar-refractivity contribution in [3.8, 4) is 5.75 Å². The van der Waals surface area contributed by atoms with Crippen molar-refractivity contribution < 1.29 is 17.9 Å². The van der Waals surface area contributed by atoms with Gasteiger partial charge < -0.3 is 10.1 Å². The van der Waals surface area contributed by atoms with Crippen LogP contribution in [0.3, 0.4) is 0 Å². The van der Waals surface area contributed by atoms with Gasteiger partial charge in [0.05, 0.1) is 11.5 Å². The maximum Gasteiger partial charge on any atom is 0.257 e. The molecule has 2 aromatic carbocycles. The molecule has 0 saturated heterocycles. The van der Waals surface area contributed by atoms with Gasteiger partial charge in [0.15, 0.2) is 5.11 Å². The number of amides is 1. The van der Waals surface area contributed by atoms with E-state index in [4.69, 9.17) is 22.1 Å². The number of primary sulfonamides is 1. The summed E-state index contributed by atoms with van der Waals surface area (Å²) in [6, 6.07) is 12.3. The average molecular weight is 379 g/mol. The Labute approximate surface area is 151 Å². The second kappa shape index (κ2) is 8.06. The molecule has 25 heavy (non-hydrogen) atoms. The zero-order valence-electron chi connectivity index (χ0n) is 13.4. The van der Waals surface area contributed by atoms with Crippen LogP contribution in [-0.4, -0.2) is 26.0 Å². The SMILES string of the molecule is CCOc1ccc(C(=O)NC(=S)Nc2ccc(S(N)(=O)=O)cc2)cc1. The lowest BCUT2D eigenvalue weighted by Gasteiger charge is -2.10. The van der Waals surface area contributed by atoms with E-state index in [1.807, 2.05) is 6.92 Å². The van der Waals surface area contributed by atoms with Gasteiger partial charge in [0.2, 0.25) is 10.0 Å². The van der Waals surface area contributed by atoms with Crippen LogP contribution in [0.5, 0.6) is 5.75 Å². The molecule has 0 aromatic heterocycles. The summed E-state index contributed by atoms with van der Waals surface area (Å²) in [7, 11) is -3.75. The maximum atomic E-state index is 12.1. The number of carbonyl (C=O) groups excluding carboxylic acids is 1. The third-order valence-corrected chi connectivity index (χ3v) is 4.23. The number of nitrogens with two attached hydrogens (primary N) is 1. The molecule has 0 bridgehead atoms. The van der Waals surface area contributed by atoms with E-state index in [-0.39, 0.29) is 15.9 Å². The molecule has 0 fully saturated rings. The number of nitrogens with one attached hydrogen (secondary N) is 2. The van der Waals surface area contributed by atoms with Gasteiger partial charge in [-0.2, -0.15) is 0 Å². The van der Waals surface area contributed by atoms with Crippen LogP contribution in [-0.2, 0) is 10.0 Å². The lowest BCUT2D eigenvalue weighted by atomic mass is 10.2. The number of thiocarbonyl (C=S) groups is 1. The molecule has 0 atom stereocenters. The molecule has 4 N–H and O–H groups in total. The number of hydrogen-bond acceptors (Lipinski definition) is 5. The minimum Gasteiger partial charge on any atom is -0.494 e. The molecule has 0 heterocycles. The number of benzene rings is 2. The van der Waals surface area contributed by atoms with Gasteiger partial charge in [-0.05, 0) is 67.7 Å². The fourth-order valence-corrected chi connectivity index (χ4v) is 2.66. The smallest absolute Gasteiger partial charge is 0.257 e. The molecule has 0 aliphatic heterocycles. The Hall–Kier alpha value is -2.49. The summed E-state index contributed by atoms with van der Waals surface area (Å²) < 4.78 is 27.7. The van der Waals surface area contributed by atoms with E-state index in [0.717, 1.165) is 0 Å². The molecule has 0 aliphatic rings. The Morgan fingerprint density at radius 3 is 2.24 bits per heavy atom. The molecule has 0 radical (unpaired) electrons. The van der Waals surface area contributed by atoms with E-state index in [1.165, 1.54) is 24.3 Å². The second-order valence-corrected chi connectivity index (χ2v) is 6.90. The topological polar surface area (TPSA) is 111 Å². The molecule has 2 rings (SSSR count). The van der Waals surface area contributed by atoms with Crippen LogP contribution in [0, 0.1) is 0 Å². The van der Waals surface area contributed by atoms with Crippen LogP contribution in [0.2, 0.25) is 0 Å². The van der Waals surface area contributed by atoms with Crippen molar-refractivity contribution in [2.24, 2.45) is 5.14 Å². The summed E-state index contributed by atoms with van der Waals surface area (Å²) in [5.41, 5.74) is 0.946. The molecule has 2 aromatic rings. The molecule has 1 amide bonds. The number of hydrogen-bond donors (Lipinski definition) is 3. The quantitative estimate of drug-likeness (QED) is 0.684. The molecule has 9 heteroatoms. The fraction of sp³-hybridized carbons (Fsp3) is 0.125. The summed E-state index contributed by atoms with van der Waals surface area (Å²) >= 11 is 5.08. The van der Waals surface area contributed by atoms with Gasteiger partial charge in [0, 0.05) is 11.3 Å². The summed E-state index contributed by atoms with van der Waals surface area (Å²) in [4.78, 5) is 12.1. The zero-order valence-corrected chi connectivity index (χ0v) is 15.0. The largest absolute Gasteiger partial charge is 0.494 e. The third-order valence-electron chi connectivity index (χ3n) is 3.10. The number of anilines is 1. The van der Waals surface area contributed by atoms with Gasteiger partial charge >= 0.3 is 0 Å². The highest BCUT2D eigenvalue weighted by Gasteiger charge is 2.10. The number of rotatable bonds is 5. The Balaban J connectivity index is 1.96. The minimum atomic E-state index is -3.75. The van der Waals surface area contributed by atoms with Crippen molar-refractivity contribution in [1.82, 2.24) is 5.32 Å². The standard InChI is InChI=1S/C16H17N3O4S2/c1-2-23-13-7-3-11(4-8-13)15(20)19-16(24)18-12-5-9-14(10-6-12)25(17,21)22/h3-10H,2H2,1H3,(H2,17,21,22)(H2,18,19,20,24). The Bertz CT molecular complexity index is 863. The van der Waals surface area contributed by atoms with E-state index >= 15 is 0 Å². The normalized spacial score (nSPS) is 10.8. The van der Waals surface area contributed by atoms with Crippen LogP contribution in [0.4, 0.5) is 5.69 Å². The highest BCUT2D eigenvalue weighted by atomic mass is 32.2. The number of ether oxygens (including phenoxy) is 1. The van der Waals surface area contributed by atoms with Crippen LogP contribution in [0.15, 0.2) is 53.4 Å². The first kappa shape index (κ1) is 18.8. The molecule has 0 saturated carbocycles. The van der Waals surface area contributed by atoms with Gasteiger partial charge in [-0.15, -0.1) is 0 Å². The Kier molecular flexibility index (Phi) is 6.07. The van der Waals surface area contributed by atoms with Crippen LogP contribution in [0.25, 0.3) is 0 Å². The molecular formula is C16H17N3O4S2. The summed E-state index contributed by atoms with van der Waals surface area (Å²) in [6.07, 6.45) is 0. The van der Waals surface area contributed by atoms with Crippen LogP contribution < -0.4 is 20.5 Å². The van der Waals surface area contributed by atoms with Crippen LogP contribution in [0.1, 0.15) is 17.3 Å². The van der Waals surface area contributed by atoms with Gasteiger partial charge in [0.25, 0.3) is 5.91 Å². The van der Waals surface area contributed by atoms with E-state index in [2.05, 4.69) is 10.6 Å². The predicted molar refractivity (Wildman–Crippen MR) is 99.1 cm³/mol. The van der Waals surface area contributed by atoms with Crippen molar-refractivity contribution in [3.63, 3.8) is 0 Å². The first-order valence-electron chi connectivity index (χ1n) is 7.27. The first-order chi connectivity index (χ1) is 11.8. The predicted octanol–water partition coefficient (Wildman–Crippen LogP) is 1.86. The maximum absolute atomic E-state index is 12.1. The summed E-state index contributed by atoms with van der Waals surface area (Å²) in [5, 5.41) is 10.4. The third kappa shape index (κ3) is 5.52. The van der Waals surface area contributed by atoms with Crippen molar-refractivity contribution in [1.29, 1.82) is 0 Å². The van der Waals surface area contributed by atoms with E-state index in [1.54, 1.807) is 24.3 Å². The van der Waals surface area contributed by atoms with Gasteiger partial charge in [-0.1, -0.05) is 0 Å². The number of carbonyl (C=O) groups is 1. The summed E-state index contributed by atoms with van der Waals surface area (Å²) in [5.74, 6) is 0.302. The lowest BCUT2D eigenvalue weighted by molar-refractivity contribution is 0.0977. The molecule has 132 valence electrons. The van der Waals surface area contributed by atoms with E-state index < -0.39 is 10.0 Å². The fourth-order valence-electron chi connectivity index (χ4n) is 1.93. The highest BCUT2D eigenvalue weighted by molar-refractivity contribution is 7.89. The van der Waals surface area contributed by atoms with Gasteiger partial charge in [-0.25, -0.2) is 13.6 Å². The van der Waals surface area contributed by atoms with Crippen molar-refractivity contribution in [3.05, 3.63) is 54.1 Å². The second-order valence-electron chi connectivity index (χ2n) is 4.94. The molecular weight excluding hydrogens is 362 g/mol.